The summed E-state index contributed by atoms with van der Waals surface area (Å²) in [5.41, 5.74) is -0.781. The van der Waals surface area contributed by atoms with Crippen molar-refractivity contribution in [3.8, 4) is 0 Å². The topological polar surface area (TPSA) is 84.9 Å². The monoisotopic (exact) mass is 437 g/mol. The Kier molecular flexibility index (Phi) is 6.84. The van der Waals surface area contributed by atoms with Crippen LogP contribution in [0.25, 0.3) is 0 Å². The SMILES string of the molecule is O=C(NCc1cccc(CC2(C(=O)O)CCCO2)c1)OCc1ccccc1C(F)(F)F. The van der Waals surface area contributed by atoms with E-state index in [9.17, 15) is 27.9 Å². The number of rotatable bonds is 7. The minimum absolute atomic E-state index is 0.0779. The van der Waals surface area contributed by atoms with E-state index in [-0.39, 0.29) is 18.5 Å². The van der Waals surface area contributed by atoms with E-state index in [2.05, 4.69) is 5.32 Å². The second kappa shape index (κ2) is 9.38. The van der Waals surface area contributed by atoms with Gasteiger partial charge in [-0.15, -0.1) is 0 Å². The highest BCUT2D eigenvalue weighted by atomic mass is 19.4. The van der Waals surface area contributed by atoms with Gasteiger partial charge in [-0.25, -0.2) is 9.59 Å². The minimum atomic E-state index is -4.53. The highest BCUT2D eigenvalue weighted by Gasteiger charge is 2.42. The molecule has 9 heteroatoms. The van der Waals surface area contributed by atoms with Crippen LogP contribution in [0.5, 0.6) is 0 Å². The predicted molar refractivity (Wildman–Crippen MR) is 104 cm³/mol. The number of carbonyl (C=O) groups excluding carboxylic acids is 1. The second-order valence-electron chi connectivity index (χ2n) is 7.33. The number of nitrogens with one attached hydrogen (secondary N) is 1. The van der Waals surface area contributed by atoms with Gasteiger partial charge in [0.15, 0.2) is 5.60 Å². The first-order valence-electron chi connectivity index (χ1n) is 9.70. The van der Waals surface area contributed by atoms with Crippen LogP contribution in [-0.4, -0.2) is 29.4 Å². The lowest BCUT2D eigenvalue weighted by atomic mass is 9.91. The van der Waals surface area contributed by atoms with Crippen molar-refractivity contribution in [2.75, 3.05) is 6.61 Å². The van der Waals surface area contributed by atoms with Crippen LogP contribution in [0.15, 0.2) is 48.5 Å². The van der Waals surface area contributed by atoms with E-state index >= 15 is 0 Å². The molecule has 3 rings (SSSR count). The van der Waals surface area contributed by atoms with Crippen LogP contribution < -0.4 is 5.32 Å². The summed E-state index contributed by atoms with van der Waals surface area (Å²) in [5.74, 6) is -1.00. The zero-order valence-electron chi connectivity index (χ0n) is 16.6. The third-order valence-electron chi connectivity index (χ3n) is 5.09. The molecule has 1 atom stereocenters. The molecule has 1 heterocycles. The number of hydrogen-bond donors (Lipinski definition) is 2. The molecule has 0 saturated carbocycles. The molecular formula is C22H22F3NO5. The molecule has 1 fully saturated rings. The number of halogens is 3. The lowest BCUT2D eigenvalue weighted by Crippen LogP contribution is -2.40. The van der Waals surface area contributed by atoms with Crippen LogP contribution in [0.2, 0.25) is 0 Å². The van der Waals surface area contributed by atoms with Crippen molar-refractivity contribution < 1.29 is 37.3 Å². The maximum Gasteiger partial charge on any atom is 0.416 e. The molecule has 0 aliphatic carbocycles. The molecule has 2 aromatic rings. The van der Waals surface area contributed by atoms with Gasteiger partial charge in [0.25, 0.3) is 0 Å². The van der Waals surface area contributed by atoms with Crippen molar-refractivity contribution in [2.45, 2.75) is 44.2 Å². The van der Waals surface area contributed by atoms with Gasteiger partial charge in [0, 0.05) is 25.1 Å². The first-order valence-corrected chi connectivity index (χ1v) is 9.70. The fraction of sp³-hybridized carbons (Fsp3) is 0.364. The lowest BCUT2D eigenvalue weighted by Gasteiger charge is -2.23. The number of alkyl halides is 3. The molecule has 0 spiro atoms. The maximum absolute atomic E-state index is 13.0. The predicted octanol–water partition coefficient (Wildman–Crippen LogP) is 4.31. The Bertz CT molecular complexity index is 939. The number of amides is 1. The average Bonchev–Trinajstić information content (AvgIpc) is 3.20. The number of carboxylic acid groups (broad SMARTS) is 1. The summed E-state index contributed by atoms with van der Waals surface area (Å²) in [5, 5.41) is 12.0. The highest BCUT2D eigenvalue weighted by molar-refractivity contribution is 5.78. The van der Waals surface area contributed by atoms with Gasteiger partial charge in [-0.05, 0) is 30.0 Å². The standard InChI is InChI=1S/C22H22F3NO5/c23-22(24,25)18-8-2-1-7-17(18)14-30-20(29)26-13-16-6-3-5-15(11-16)12-21(19(27)28)9-4-10-31-21/h1-3,5-8,11H,4,9-10,12-14H2,(H,26,29)(H,27,28). The molecule has 1 aliphatic heterocycles. The second-order valence-corrected chi connectivity index (χ2v) is 7.33. The number of alkyl carbamates (subject to hydrolysis) is 1. The summed E-state index contributed by atoms with van der Waals surface area (Å²) in [6.07, 6.45) is -4.08. The van der Waals surface area contributed by atoms with E-state index in [1.54, 1.807) is 24.3 Å². The minimum Gasteiger partial charge on any atom is -0.479 e. The summed E-state index contributed by atoms with van der Waals surface area (Å²) in [7, 11) is 0. The molecule has 31 heavy (non-hydrogen) atoms. The normalized spacial score (nSPS) is 18.5. The fourth-order valence-electron chi connectivity index (χ4n) is 3.55. The van der Waals surface area contributed by atoms with Crippen molar-refractivity contribution >= 4 is 12.1 Å². The summed E-state index contributed by atoms with van der Waals surface area (Å²) in [6, 6.07) is 11.9. The molecule has 6 nitrogen and oxygen atoms in total. The molecule has 1 aliphatic rings. The molecule has 2 N–H and O–H groups in total. The van der Waals surface area contributed by atoms with Gasteiger partial charge in [0.2, 0.25) is 0 Å². The molecular weight excluding hydrogens is 415 g/mol. The molecule has 1 amide bonds. The fourth-order valence-corrected chi connectivity index (χ4v) is 3.55. The molecule has 0 bridgehead atoms. The largest absolute Gasteiger partial charge is 0.479 e. The lowest BCUT2D eigenvalue weighted by molar-refractivity contribution is -0.159. The number of aliphatic carboxylic acids is 1. The Morgan fingerprint density at radius 1 is 1.13 bits per heavy atom. The van der Waals surface area contributed by atoms with Crippen LogP contribution in [0.1, 0.15) is 35.1 Å². The van der Waals surface area contributed by atoms with Crippen LogP contribution in [0.4, 0.5) is 18.0 Å². The van der Waals surface area contributed by atoms with Gasteiger partial charge < -0.3 is 19.9 Å². The maximum atomic E-state index is 13.0. The van der Waals surface area contributed by atoms with E-state index in [1.807, 2.05) is 0 Å². The third-order valence-corrected chi connectivity index (χ3v) is 5.09. The van der Waals surface area contributed by atoms with Gasteiger partial charge in [-0.1, -0.05) is 42.5 Å². The van der Waals surface area contributed by atoms with Gasteiger partial charge in [0.05, 0.1) is 5.56 Å². The molecule has 166 valence electrons. The molecule has 0 radical (unpaired) electrons. The zero-order valence-corrected chi connectivity index (χ0v) is 16.6. The van der Waals surface area contributed by atoms with E-state index in [4.69, 9.17) is 9.47 Å². The van der Waals surface area contributed by atoms with Gasteiger partial charge in [-0.2, -0.15) is 13.2 Å². The number of carboxylic acids is 1. The van der Waals surface area contributed by atoms with E-state index in [1.165, 1.54) is 18.2 Å². The van der Waals surface area contributed by atoms with Crippen LogP contribution in [0, 0.1) is 0 Å². The van der Waals surface area contributed by atoms with Crippen LogP contribution in [-0.2, 0) is 40.0 Å². The highest BCUT2D eigenvalue weighted by Crippen LogP contribution is 2.32. The summed E-state index contributed by atoms with van der Waals surface area (Å²) in [6.45, 7) is -0.0363. The molecule has 1 saturated heterocycles. The Morgan fingerprint density at radius 3 is 2.55 bits per heavy atom. The van der Waals surface area contributed by atoms with Crippen LogP contribution in [0.3, 0.4) is 0 Å². The van der Waals surface area contributed by atoms with Crippen molar-refractivity contribution in [2.24, 2.45) is 0 Å². The van der Waals surface area contributed by atoms with Gasteiger partial charge in [-0.3, -0.25) is 0 Å². The smallest absolute Gasteiger partial charge is 0.416 e. The Balaban J connectivity index is 1.56. The summed E-state index contributed by atoms with van der Waals surface area (Å²) in [4.78, 5) is 23.6. The average molecular weight is 437 g/mol. The zero-order chi connectivity index (χ0) is 22.5. The number of carbonyl (C=O) groups is 2. The Hall–Kier alpha value is -3.07. The van der Waals surface area contributed by atoms with E-state index in [0.717, 1.165) is 11.6 Å². The Morgan fingerprint density at radius 2 is 1.87 bits per heavy atom. The Labute approximate surface area is 177 Å². The number of ether oxygens (including phenoxy) is 2. The molecule has 0 aromatic heterocycles. The molecule has 2 aromatic carbocycles. The van der Waals surface area contributed by atoms with Gasteiger partial charge in [0.1, 0.15) is 6.61 Å². The molecule has 1 unspecified atom stereocenters. The third kappa shape index (κ3) is 5.75. The summed E-state index contributed by atoms with van der Waals surface area (Å²) >= 11 is 0. The van der Waals surface area contributed by atoms with Crippen LogP contribution >= 0.6 is 0 Å². The number of benzene rings is 2. The summed E-state index contributed by atoms with van der Waals surface area (Å²) < 4.78 is 49.4. The number of hydrogen-bond acceptors (Lipinski definition) is 4. The first kappa shape index (κ1) is 22.6. The van der Waals surface area contributed by atoms with E-state index < -0.39 is 36.0 Å². The van der Waals surface area contributed by atoms with Crippen molar-refractivity contribution in [1.82, 2.24) is 5.32 Å². The van der Waals surface area contributed by atoms with Crippen molar-refractivity contribution in [3.05, 3.63) is 70.8 Å². The van der Waals surface area contributed by atoms with E-state index in [0.29, 0.717) is 25.0 Å². The van der Waals surface area contributed by atoms with Gasteiger partial charge >= 0.3 is 18.2 Å². The quantitative estimate of drug-likeness (QED) is 0.675. The first-order chi connectivity index (χ1) is 14.7. The van der Waals surface area contributed by atoms with Crippen molar-refractivity contribution in [1.29, 1.82) is 0 Å². The van der Waals surface area contributed by atoms with Crippen molar-refractivity contribution in [3.63, 3.8) is 0 Å².